The number of aromatic carboxylic acids is 1. The number of hydrogen-bond donors (Lipinski definition) is 4. The summed E-state index contributed by atoms with van der Waals surface area (Å²) in [5.74, 6) is -2.63. The number of nitriles is 1. The van der Waals surface area contributed by atoms with E-state index >= 15 is 0 Å². The van der Waals surface area contributed by atoms with E-state index < -0.39 is 23.2 Å². The first-order valence-corrected chi connectivity index (χ1v) is 6.95. The van der Waals surface area contributed by atoms with Crippen molar-refractivity contribution >= 4 is 17.6 Å². The summed E-state index contributed by atoms with van der Waals surface area (Å²) in [6.45, 7) is 1.17. The van der Waals surface area contributed by atoms with Crippen molar-refractivity contribution in [2.24, 2.45) is 10.2 Å². The Hall–Kier alpha value is -3.59. The Kier molecular flexibility index (Phi) is 5.20. The predicted molar refractivity (Wildman–Crippen MR) is 81.0 cm³/mol. The van der Waals surface area contributed by atoms with Gasteiger partial charge in [-0.25, -0.2) is 4.79 Å². The average Bonchev–Trinajstić information content (AvgIpc) is 3.04. The molecule has 0 fully saturated rings. The van der Waals surface area contributed by atoms with Gasteiger partial charge in [-0.3, -0.25) is 14.5 Å². The number of aliphatic hydroxyl groups is 1. The molecule has 0 saturated carbocycles. The molecule has 0 amide bonds. The van der Waals surface area contributed by atoms with Crippen LogP contribution in [0.4, 0.5) is 11.6 Å². The number of azo groups is 1. The van der Waals surface area contributed by atoms with Crippen LogP contribution in [0, 0.1) is 18.3 Å². The summed E-state index contributed by atoms with van der Waals surface area (Å²) in [6, 6.07) is 1.78. The van der Waals surface area contributed by atoms with E-state index in [0.717, 1.165) is 4.57 Å². The van der Waals surface area contributed by atoms with Gasteiger partial charge in [0.1, 0.15) is 11.6 Å². The summed E-state index contributed by atoms with van der Waals surface area (Å²) >= 11 is 0. The molecule has 25 heavy (non-hydrogen) atoms. The van der Waals surface area contributed by atoms with Crippen molar-refractivity contribution in [3.05, 3.63) is 27.3 Å². The summed E-state index contributed by atoms with van der Waals surface area (Å²) in [4.78, 5) is 26.7. The smallest absolute Gasteiger partial charge is 0.373 e. The number of aliphatic hydroxyl groups excluding tert-OH is 1. The zero-order chi connectivity index (χ0) is 18.6. The minimum atomic E-state index is -1.34. The van der Waals surface area contributed by atoms with Crippen molar-refractivity contribution < 1.29 is 20.1 Å². The second-order valence-electron chi connectivity index (χ2n) is 4.81. The third-order valence-electron chi connectivity index (χ3n) is 3.22. The number of aromatic amines is 1. The van der Waals surface area contributed by atoms with Crippen molar-refractivity contribution in [2.45, 2.75) is 19.9 Å². The molecular formula is C13H13N7O5. The van der Waals surface area contributed by atoms with Gasteiger partial charge < -0.3 is 15.3 Å². The summed E-state index contributed by atoms with van der Waals surface area (Å²) in [5.41, 5.74) is -1.01. The van der Waals surface area contributed by atoms with Gasteiger partial charge in [-0.15, -0.1) is 15.3 Å². The number of nitrogens with one attached hydrogen (secondary N) is 1. The molecule has 0 atom stereocenters. The summed E-state index contributed by atoms with van der Waals surface area (Å²) in [6.07, 6.45) is 0.181. The van der Waals surface area contributed by atoms with E-state index in [-0.39, 0.29) is 42.3 Å². The van der Waals surface area contributed by atoms with E-state index in [1.807, 2.05) is 0 Å². The minimum absolute atomic E-state index is 0.0253. The number of hydrogen-bond acceptors (Lipinski definition) is 9. The first-order chi connectivity index (χ1) is 11.9. The Bertz CT molecular complexity index is 937. The van der Waals surface area contributed by atoms with Gasteiger partial charge in [-0.2, -0.15) is 10.2 Å². The lowest BCUT2D eigenvalue weighted by molar-refractivity contribution is 0.0684. The molecule has 0 aromatic carbocycles. The van der Waals surface area contributed by atoms with E-state index in [1.165, 1.54) is 6.92 Å². The Labute approximate surface area is 139 Å². The van der Waals surface area contributed by atoms with Crippen LogP contribution in [-0.4, -0.2) is 47.6 Å². The highest BCUT2D eigenvalue weighted by Crippen LogP contribution is 2.26. The van der Waals surface area contributed by atoms with Gasteiger partial charge >= 0.3 is 5.97 Å². The number of aromatic nitrogens is 4. The normalized spacial score (nSPS) is 10.9. The van der Waals surface area contributed by atoms with Crippen LogP contribution in [0.3, 0.4) is 0 Å². The van der Waals surface area contributed by atoms with Gasteiger partial charge in [0.2, 0.25) is 11.7 Å². The molecule has 0 aliphatic carbocycles. The fraction of sp³-hybridized carbons (Fsp3) is 0.308. The Morgan fingerprint density at radius 2 is 2.16 bits per heavy atom. The molecule has 2 aromatic rings. The Morgan fingerprint density at radius 3 is 2.72 bits per heavy atom. The van der Waals surface area contributed by atoms with Gasteiger partial charge in [0, 0.05) is 18.7 Å². The molecule has 12 heteroatoms. The highest BCUT2D eigenvalue weighted by molar-refractivity contribution is 5.83. The average molecular weight is 347 g/mol. The number of carbonyl (C=O) groups is 1. The van der Waals surface area contributed by atoms with E-state index in [0.29, 0.717) is 0 Å². The van der Waals surface area contributed by atoms with Crippen LogP contribution in [0.2, 0.25) is 0 Å². The molecule has 2 heterocycles. The number of rotatable bonds is 6. The zero-order valence-electron chi connectivity index (χ0n) is 13.0. The first kappa shape index (κ1) is 17.8. The van der Waals surface area contributed by atoms with Gasteiger partial charge in [0.15, 0.2) is 5.69 Å². The molecule has 0 aliphatic heterocycles. The predicted octanol–water partition coefficient (Wildman–Crippen LogP) is 0.348. The summed E-state index contributed by atoms with van der Waals surface area (Å²) in [7, 11) is 0. The lowest BCUT2D eigenvalue weighted by Crippen LogP contribution is -2.22. The van der Waals surface area contributed by atoms with Crippen LogP contribution in [0.5, 0.6) is 5.88 Å². The van der Waals surface area contributed by atoms with Crippen LogP contribution in [-0.2, 0) is 6.54 Å². The Balaban J connectivity index is 2.52. The molecule has 0 radical (unpaired) electrons. The van der Waals surface area contributed by atoms with Gasteiger partial charge in [-0.05, 0) is 13.3 Å². The fourth-order valence-corrected chi connectivity index (χ4v) is 1.98. The third-order valence-corrected chi connectivity index (χ3v) is 3.22. The molecule has 0 aliphatic rings. The molecule has 0 saturated heterocycles. The van der Waals surface area contributed by atoms with E-state index in [4.69, 9.17) is 10.2 Å². The van der Waals surface area contributed by atoms with Gasteiger partial charge in [-0.1, -0.05) is 0 Å². The molecule has 2 aromatic heterocycles. The molecule has 0 unspecified atom stereocenters. The molecule has 4 N–H and O–H groups in total. The maximum atomic E-state index is 12.4. The molecule has 0 bridgehead atoms. The van der Waals surface area contributed by atoms with E-state index in [2.05, 4.69) is 25.4 Å². The largest absolute Gasteiger partial charge is 0.493 e. The van der Waals surface area contributed by atoms with E-state index in [9.17, 15) is 20.0 Å². The van der Waals surface area contributed by atoms with Crippen LogP contribution >= 0.6 is 0 Å². The van der Waals surface area contributed by atoms with Crippen LogP contribution in [0.15, 0.2) is 15.0 Å². The fourth-order valence-electron chi connectivity index (χ4n) is 1.98. The molecule has 130 valence electrons. The van der Waals surface area contributed by atoms with Crippen molar-refractivity contribution in [1.82, 2.24) is 19.7 Å². The van der Waals surface area contributed by atoms with E-state index in [1.54, 1.807) is 6.07 Å². The third kappa shape index (κ3) is 3.51. The number of pyridine rings is 1. The lowest BCUT2D eigenvalue weighted by atomic mass is 10.1. The second-order valence-corrected chi connectivity index (χ2v) is 4.81. The number of carboxylic acids is 1. The van der Waals surface area contributed by atoms with Crippen LogP contribution in [0.25, 0.3) is 0 Å². The van der Waals surface area contributed by atoms with Crippen molar-refractivity contribution in [3.63, 3.8) is 0 Å². The molecule has 2 rings (SSSR count). The van der Waals surface area contributed by atoms with Gasteiger partial charge in [0.05, 0.1) is 0 Å². The number of carboxylic acid groups (broad SMARTS) is 1. The lowest BCUT2D eigenvalue weighted by Gasteiger charge is -2.12. The number of H-pyrrole nitrogens is 1. The minimum Gasteiger partial charge on any atom is -0.493 e. The maximum absolute atomic E-state index is 12.4. The summed E-state index contributed by atoms with van der Waals surface area (Å²) in [5, 5.41) is 49.8. The number of aromatic hydroxyl groups is 1. The van der Waals surface area contributed by atoms with Crippen LogP contribution in [0.1, 0.15) is 28.2 Å². The van der Waals surface area contributed by atoms with Crippen LogP contribution < -0.4 is 5.56 Å². The number of nitrogens with zero attached hydrogens (tertiary/aromatic N) is 6. The SMILES string of the molecule is Cc1c(C#N)c(O)n(CCCO)c(=O)c1N=Nc1n[nH]c(C(=O)O)n1. The standard InChI is InChI=1S/C13H13N7O5/c1-6-7(5-14)10(22)20(3-2-4-21)11(23)8(6)16-18-13-15-9(12(24)25)17-19-13/h21-22H,2-4H2,1H3,(H,24,25)(H,15,17,19). The zero-order valence-corrected chi connectivity index (χ0v) is 13.0. The molecule has 12 nitrogen and oxygen atoms in total. The van der Waals surface area contributed by atoms with Gasteiger partial charge in [0.25, 0.3) is 11.5 Å². The molecular weight excluding hydrogens is 334 g/mol. The second kappa shape index (κ2) is 7.32. The topological polar surface area (TPSA) is 190 Å². The van der Waals surface area contributed by atoms with Crippen molar-refractivity contribution in [1.29, 1.82) is 5.26 Å². The maximum Gasteiger partial charge on any atom is 0.373 e. The molecule has 0 spiro atoms. The first-order valence-electron chi connectivity index (χ1n) is 6.95. The summed E-state index contributed by atoms with van der Waals surface area (Å²) < 4.78 is 0.900. The van der Waals surface area contributed by atoms with Crippen molar-refractivity contribution in [3.8, 4) is 11.9 Å². The highest BCUT2D eigenvalue weighted by Gasteiger charge is 2.19. The van der Waals surface area contributed by atoms with Crippen molar-refractivity contribution in [2.75, 3.05) is 6.61 Å². The monoisotopic (exact) mass is 347 g/mol. The Morgan fingerprint density at radius 1 is 1.44 bits per heavy atom. The quantitative estimate of drug-likeness (QED) is 0.538. The highest BCUT2D eigenvalue weighted by atomic mass is 16.4.